The topological polar surface area (TPSA) is 113 Å². The van der Waals surface area contributed by atoms with Crippen LogP contribution in [-0.2, 0) is 0 Å². The number of fused-ring (bicyclic) bond motifs is 1. The molecular weight excluding hydrogens is 422 g/mol. The summed E-state index contributed by atoms with van der Waals surface area (Å²) in [6.07, 6.45) is 1.03. The zero-order valence-electron chi connectivity index (χ0n) is 18.1. The molecule has 0 bridgehead atoms. The number of hydrogen-bond acceptors (Lipinski definition) is 5. The van der Waals surface area contributed by atoms with Crippen LogP contribution in [0.25, 0.3) is 22.2 Å². The third kappa shape index (κ3) is 3.71. The lowest BCUT2D eigenvalue weighted by Crippen LogP contribution is -2.45. The van der Waals surface area contributed by atoms with Crippen LogP contribution in [0, 0.1) is 0 Å². The van der Waals surface area contributed by atoms with Gasteiger partial charge in [0.2, 0.25) is 0 Å². The van der Waals surface area contributed by atoms with E-state index in [-0.39, 0.29) is 17.5 Å². The van der Waals surface area contributed by atoms with Gasteiger partial charge in [-0.25, -0.2) is 4.79 Å². The molecule has 2 aromatic heterocycles. The molecule has 0 spiro atoms. The number of para-hydroxylation sites is 2. The number of aromatic nitrogens is 4. The van der Waals surface area contributed by atoms with E-state index in [1.807, 2.05) is 24.3 Å². The van der Waals surface area contributed by atoms with Crippen molar-refractivity contribution in [2.75, 3.05) is 20.2 Å². The van der Waals surface area contributed by atoms with Crippen molar-refractivity contribution in [1.82, 2.24) is 24.6 Å². The van der Waals surface area contributed by atoms with Crippen LogP contribution in [0.3, 0.4) is 0 Å². The number of H-pyrrole nitrogens is 2. The molecular formula is C24H23N5O4. The third-order valence-electron chi connectivity index (χ3n) is 6.14. The van der Waals surface area contributed by atoms with Crippen LogP contribution in [0.1, 0.15) is 29.4 Å². The molecule has 2 N–H and O–H groups in total. The second-order valence-corrected chi connectivity index (χ2v) is 8.04. The van der Waals surface area contributed by atoms with E-state index in [0.717, 1.165) is 5.56 Å². The summed E-state index contributed by atoms with van der Waals surface area (Å²) in [6, 6.07) is 15.9. The molecule has 9 nitrogen and oxygen atoms in total. The minimum absolute atomic E-state index is 0.165. The minimum Gasteiger partial charge on any atom is -0.496 e. The zero-order valence-corrected chi connectivity index (χ0v) is 18.1. The predicted molar refractivity (Wildman–Crippen MR) is 124 cm³/mol. The molecule has 0 aliphatic carbocycles. The maximum absolute atomic E-state index is 13.0. The molecule has 0 atom stereocenters. The Labute approximate surface area is 188 Å². The number of aromatic amines is 2. The molecule has 0 radical (unpaired) electrons. The van der Waals surface area contributed by atoms with Crippen molar-refractivity contribution in [3.63, 3.8) is 0 Å². The van der Waals surface area contributed by atoms with Gasteiger partial charge in [-0.2, -0.15) is 5.10 Å². The molecule has 33 heavy (non-hydrogen) atoms. The predicted octanol–water partition coefficient (Wildman–Crippen LogP) is 2.57. The normalized spacial score (nSPS) is 14.5. The van der Waals surface area contributed by atoms with Crippen LogP contribution in [0.4, 0.5) is 0 Å². The van der Waals surface area contributed by atoms with Gasteiger partial charge >= 0.3 is 5.69 Å². The van der Waals surface area contributed by atoms with E-state index >= 15 is 0 Å². The summed E-state index contributed by atoms with van der Waals surface area (Å²) in [5.41, 5.74) is 1.62. The van der Waals surface area contributed by atoms with Crippen LogP contribution in [0.15, 0.2) is 64.2 Å². The smallest absolute Gasteiger partial charge is 0.329 e. The Bertz CT molecular complexity index is 1440. The summed E-state index contributed by atoms with van der Waals surface area (Å²) >= 11 is 0. The minimum atomic E-state index is -0.418. The molecule has 5 rings (SSSR count). The fourth-order valence-electron chi connectivity index (χ4n) is 4.43. The van der Waals surface area contributed by atoms with Crippen molar-refractivity contribution in [2.45, 2.75) is 18.9 Å². The third-order valence-corrected chi connectivity index (χ3v) is 6.14. The number of amides is 1. The number of likely N-dealkylation sites (tertiary alicyclic amines) is 1. The van der Waals surface area contributed by atoms with Gasteiger partial charge in [0.25, 0.3) is 11.5 Å². The lowest BCUT2D eigenvalue weighted by atomic mass is 10.0. The highest BCUT2D eigenvalue weighted by Gasteiger charge is 2.28. The number of hydrogen-bond donors (Lipinski definition) is 2. The van der Waals surface area contributed by atoms with E-state index < -0.39 is 5.69 Å². The fourth-order valence-corrected chi connectivity index (χ4v) is 4.43. The summed E-state index contributed by atoms with van der Waals surface area (Å²) in [4.78, 5) is 43.0. The van der Waals surface area contributed by atoms with E-state index in [9.17, 15) is 14.4 Å². The average molecular weight is 445 g/mol. The lowest BCUT2D eigenvalue weighted by molar-refractivity contribution is 0.0686. The number of benzene rings is 2. The molecule has 1 amide bonds. The van der Waals surface area contributed by atoms with Crippen molar-refractivity contribution < 1.29 is 9.53 Å². The zero-order chi connectivity index (χ0) is 22.9. The van der Waals surface area contributed by atoms with Gasteiger partial charge in [-0.1, -0.05) is 24.3 Å². The van der Waals surface area contributed by atoms with Crippen molar-refractivity contribution in [2.24, 2.45) is 0 Å². The van der Waals surface area contributed by atoms with Gasteiger partial charge in [0.1, 0.15) is 11.4 Å². The van der Waals surface area contributed by atoms with Crippen molar-refractivity contribution in [3.05, 3.63) is 81.1 Å². The van der Waals surface area contributed by atoms with Crippen LogP contribution in [0.2, 0.25) is 0 Å². The largest absolute Gasteiger partial charge is 0.496 e. The summed E-state index contributed by atoms with van der Waals surface area (Å²) in [5, 5.41) is 7.59. The number of ether oxygens (including phenoxy) is 1. The number of carbonyl (C=O) groups excluding carboxylic acids is 1. The van der Waals surface area contributed by atoms with Crippen LogP contribution >= 0.6 is 0 Å². The Hall–Kier alpha value is -4.14. The van der Waals surface area contributed by atoms with Gasteiger partial charge in [0.05, 0.1) is 23.7 Å². The number of nitrogens with one attached hydrogen (secondary N) is 2. The summed E-state index contributed by atoms with van der Waals surface area (Å²) < 4.78 is 6.67. The average Bonchev–Trinajstić information content (AvgIpc) is 3.34. The maximum atomic E-state index is 13.0. The highest BCUT2D eigenvalue weighted by atomic mass is 16.5. The van der Waals surface area contributed by atoms with Gasteiger partial charge in [-0.3, -0.25) is 19.3 Å². The Kier molecular flexibility index (Phi) is 5.29. The first kappa shape index (κ1) is 20.7. The van der Waals surface area contributed by atoms with E-state index in [1.165, 1.54) is 4.57 Å². The number of rotatable bonds is 4. The van der Waals surface area contributed by atoms with Gasteiger partial charge in [-0.05, 0) is 43.2 Å². The maximum Gasteiger partial charge on any atom is 0.329 e. The van der Waals surface area contributed by atoms with E-state index in [1.54, 1.807) is 42.3 Å². The molecule has 168 valence electrons. The highest BCUT2D eigenvalue weighted by Crippen LogP contribution is 2.29. The van der Waals surface area contributed by atoms with E-state index in [2.05, 4.69) is 15.2 Å². The molecule has 1 aliphatic rings. The molecule has 1 fully saturated rings. The summed E-state index contributed by atoms with van der Waals surface area (Å²) in [7, 11) is 1.59. The Morgan fingerprint density at radius 3 is 2.58 bits per heavy atom. The fraction of sp³-hybridized carbons (Fsp3) is 0.250. The van der Waals surface area contributed by atoms with E-state index in [0.29, 0.717) is 54.0 Å². The first-order valence-corrected chi connectivity index (χ1v) is 10.8. The van der Waals surface area contributed by atoms with Gasteiger partial charge in [0.15, 0.2) is 0 Å². The standard InChI is InChI=1S/C24H23N5O4/c1-33-21-9-5-3-6-16(21)19-14-20(27-26-19)23(31)28-12-10-15(11-13-28)29-22(30)17-7-2-4-8-18(17)25-24(29)32/h2-9,14-15H,10-13H2,1H3,(H,25,32)(H,26,27). The second kappa shape index (κ2) is 8.42. The summed E-state index contributed by atoms with van der Waals surface area (Å²) in [6.45, 7) is 0.871. The highest BCUT2D eigenvalue weighted by molar-refractivity contribution is 5.93. The van der Waals surface area contributed by atoms with Crippen LogP contribution in [0.5, 0.6) is 5.75 Å². The molecule has 3 heterocycles. The van der Waals surface area contributed by atoms with E-state index in [4.69, 9.17) is 4.74 Å². The van der Waals surface area contributed by atoms with Crippen LogP contribution < -0.4 is 16.0 Å². The molecule has 0 unspecified atom stereocenters. The Balaban J connectivity index is 1.33. The summed E-state index contributed by atoms with van der Waals surface area (Å²) in [5.74, 6) is 0.511. The second-order valence-electron chi connectivity index (χ2n) is 8.04. The molecule has 1 aliphatic heterocycles. The molecule has 2 aromatic carbocycles. The van der Waals surface area contributed by atoms with Gasteiger partial charge in [-0.15, -0.1) is 0 Å². The molecule has 9 heteroatoms. The molecule has 1 saturated heterocycles. The molecule has 0 saturated carbocycles. The van der Waals surface area contributed by atoms with Crippen LogP contribution in [-0.4, -0.2) is 50.8 Å². The first-order valence-electron chi connectivity index (χ1n) is 10.8. The Morgan fingerprint density at radius 2 is 1.79 bits per heavy atom. The number of piperidine rings is 1. The van der Waals surface area contributed by atoms with Crippen molar-refractivity contribution >= 4 is 16.8 Å². The lowest BCUT2D eigenvalue weighted by Gasteiger charge is -2.32. The monoisotopic (exact) mass is 445 g/mol. The van der Waals surface area contributed by atoms with Crippen molar-refractivity contribution in [1.29, 1.82) is 0 Å². The number of methoxy groups -OCH3 is 1. The van der Waals surface area contributed by atoms with Gasteiger partial charge < -0.3 is 14.6 Å². The SMILES string of the molecule is COc1ccccc1-c1cc(C(=O)N2CCC(n3c(=O)[nH]c4ccccc4c3=O)CC2)[nH]n1. The number of nitrogens with zero attached hydrogens (tertiary/aromatic N) is 3. The molecule has 4 aromatic rings. The quantitative estimate of drug-likeness (QED) is 0.501. The Morgan fingerprint density at radius 1 is 1.06 bits per heavy atom. The van der Waals surface area contributed by atoms with Crippen molar-refractivity contribution in [3.8, 4) is 17.0 Å². The van der Waals surface area contributed by atoms with Gasteiger partial charge in [0, 0.05) is 24.7 Å². The first-order chi connectivity index (χ1) is 16.1. The number of carbonyl (C=O) groups is 1.